The van der Waals surface area contributed by atoms with Gasteiger partial charge in [0.2, 0.25) is 5.91 Å². The van der Waals surface area contributed by atoms with E-state index in [4.69, 9.17) is 15.2 Å². The number of esters is 1. The highest BCUT2D eigenvalue weighted by molar-refractivity contribution is 5.87. The second kappa shape index (κ2) is 8.33. The molecule has 0 aromatic heterocycles. The molecule has 0 aliphatic carbocycles. The van der Waals surface area contributed by atoms with Gasteiger partial charge in [0.1, 0.15) is 18.2 Å². The average molecular weight is 336 g/mol. The molecule has 0 saturated carbocycles. The SMILES string of the molecule is Cc1ccc(COC(=O)[C@H](CC(N)=O)NC(=O)OC(C)(C)C)cc1. The first-order chi connectivity index (χ1) is 11.1. The van der Waals surface area contributed by atoms with Crippen LogP contribution in [0.15, 0.2) is 24.3 Å². The lowest BCUT2D eigenvalue weighted by molar-refractivity contribution is -0.148. The van der Waals surface area contributed by atoms with Gasteiger partial charge in [-0.15, -0.1) is 0 Å². The molecule has 0 fully saturated rings. The Bertz CT molecular complexity index is 590. The molecule has 1 aromatic carbocycles. The fourth-order valence-electron chi connectivity index (χ4n) is 1.78. The molecule has 0 unspecified atom stereocenters. The van der Waals surface area contributed by atoms with E-state index in [1.54, 1.807) is 20.8 Å². The van der Waals surface area contributed by atoms with Crippen molar-refractivity contribution >= 4 is 18.0 Å². The molecule has 0 bridgehead atoms. The zero-order chi connectivity index (χ0) is 18.3. The van der Waals surface area contributed by atoms with Crippen LogP contribution in [0.3, 0.4) is 0 Å². The van der Waals surface area contributed by atoms with E-state index in [-0.39, 0.29) is 13.0 Å². The number of ether oxygens (including phenoxy) is 2. The van der Waals surface area contributed by atoms with Crippen LogP contribution in [0.5, 0.6) is 0 Å². The summed E-state index contributed by atoms with van der Waals surface area (Å²) in [6.07, 6.45) is -1.19. The van der Waals surface area contributed by atoms with Crippen molar-refractivity contribution in [3.05, 3.63) is 35.4 Å². The van der Waals surface area contributed by atoms with E-state index < -0.39 is 29.6 Å². The summed E-state index contributed by atoms with van der Waals surface area (Å²) in [6.45, 7) is 7.04. The smallest absolute Gasteiger partial charge is 0.408 e. The van der Waals surface area contributed by atoms with Crippen LogP contribution in [0, 0.1) is 6.92 Å². The maximum atomic E-state index is 12.1. The highest BCUT2D eigenvalue weighted by Crippen LogP contribution is 2.09. The lowest BCUT2D eigenvalue weighted by Crippen LogP contribution is -2.46. The van der Waals surface area contributed by atoms with Crippen molar-refractivity contribution in [1.82, 2.24) is 5.32 Å². The maximum Gasteiger partial charge on any atom is 0.408 e. The van der Waals surface area contributed by atoms with Gasteiger partial charge in [-0.25, -0.2) is 9.59 Å². The summed E-state index contributed by atoms with van der Waals surface area (Å²) < 4.78 is 10.2. The molecular weight excluding hydrogens is 312 g/mol. The van der Waals surface area contributed by atoms with Crippen molar-refractivity contribution in [2.45, 2.75) is 52.4 Å². The molecule has 1 aromatic rings. The van der Waals surface area contributed by atoms with Crippen LogP contribution in [-0.2, 0) is 25.7 Å². The summed E-state index contributed by atoms with van der Waals surface area (Å²) in [5, 5.41) is 2.31. The molecule has 2 amide bonds. The van der Waals surface area contributed by atoms with Crippen LogP contribution < -0.4 is 11.1 Å². The molecular formula is C17H24N2O5. The number of rotatable bonds is 6. The van der Waals surface area contributed by atoms with Gasteiger partial charge in [-0.1, -0.05) is 29.8 Å². The molecule has 0 aliphatic rings. The monoisotopic (exact) mass is 336 g/mol. The van der Waals surface area contributed by atoms with Crippen LogP contribution in [0.2, 0.25) is 0 Å². The lowest BCUT2D eigenvalue weighted by atomic mass is 10.1. The van der Waals surface area contributed by atoms with E-state index >= 15 is 0 Å². The summed E-state index contributed by atoms with van der Waals surface area (Å²) >= 11 is 0. The quantitative estimate of drug-likeness (QED) is 0.770. The molecule has 0 spiro atoms. The standard InChI is InChI=1S/C17H24N2O5/c1-11-5-7-12(8-6-11)10-23-15(21)13(9-14(18)20)19-16(22)24-17(2,3)4/h5-8,13H,9-10H2,1-4H3,(H2,18,20)(H,19,22)/t13-/m0/s1. The predicted molar refractivity (Wildman–Crippen MR) is 87.9 cm³/mol. The van der Waals surface area contributed by atoms with Crippen LogP contribution in [0.1, 0.15) is 38.3 Å². The number of nitrogens with one attached hydrogen (secondary N) is 1. The fraction of sp³-hybridized carbons (Fsp3) is 0.471. The number of nitrogens with two attached hydrogens (primary N) is 1. The Morgan fingerprint density at radius 3 is 2.25 bits per heavy atom. The van der Waals surface area contributed by atoms with E-state index in [2.05, 4.69) is 5.32 Å². The molecule has 7 nitrogen and oxygen atoms in total. The number of alkyl carbamates (subject to hydrolysis) is 1. The Balaban J connectivity index is 2.65. The molecule has 7 heteroatoms. The second-order valence-corrected chi connectivity index (χ2v) is 6.46. The van der Waals surface area contributed by atoms with Crippen LogP contribution >= 0.6 is 0 Å². The normalized spacial score (nSPS) is 12.2. The molecule has 0 heterocycles. The van der Waals surface area contributed by atoms with Crippen molar-refractivity contribution in [3.8, 4) is 0 Å². The third kappa shape index (κ3) is 7.62. The first-order valence-electron chi connectivity index (χ1n) is 7.57. The molecule has 3 N–H and O–H groups in total. The van der Waals surface area contributed by atoms with E-state index in [0.29, 0.717) is 0 Å². The van der Waals surface area contributed by atoms with Crippen molar-refractivity contribution in [1.29, 1.82) is 0 Å². The third-order valence-corrected chi connectivity index (χ3v) is 2.88. The number of hydrogen-bond acceptors (Lipinski definition) is 5. The average Bonchev–Trinajstić information content (AvgIpc) is 2.43. The largest absolute Gasteiger partial charge is 0.459 e. The first-order valence-corrected chi connectivity index (χ1v) is 7.57. The van der Waals surface area contributed by atoms with Gasteiger partial charge in [-0.05, 0) is 33.3 Å². The Kier molecular flexibility index (Phi) is 6.76. The summed E-state index contributed by atoms with van der Waals surface area (Å²) in [6, 6.07) is 6.24. The number of carbonyl (C=O) groups excluding carboxylic acids is 3. The zero-order valence-corrected chi connectivity index (χ0v) is 14.4. The van der Waals surface area contributed by atoms with Gasteiger partial charge in [-0.3, -0.25) is 4.79 Å². The number of amides is 2. The fourth-order valence-corrected chi connectivity index (χ4v) is 1.78. The van der Waals surface area contributed by atoms with Gasteiger partial charge in [0.25, 0.3) is 0 Å². The number of carbonyl (C=O) groups is 3. The van der Waals surface area contributed by atoms with Crippen LogP contribution in [-0.4, -0.2) is 29.6 Å². The van der Waals surface area contributed by atoms with Crippen LogP contribution in [0.25, 0.3) is 0 Å². The molecule has 24 heavy (non-hydrogen) atoms. The lowest BCUT2D eigenvalue weighted by Gasteiger charge is -2.22. The van der Waals surface area contributed by atoms with E-state index in [9.17, 15) is 14.4 Å². The van der Waals surface area contributed by atoms with Gasteiger partial charge in [0.15, 0.2) is 0 Å². The summed E-state index contributed by atoms with van der Waals surface area (Å²) in [4.78, 5) is 35.0. The van der Waals surface area contributed by atoms with Crippen molar-refractivity contribution in [3.63, 3.8) is 0 Å². The summed E-state index contributed by atoms with van der Waals surface area (Å²) in [7, 11) is 0. The Labute approximate surface area is 141 Å². The second-order valence-electron chi connectivity index (χ2n) is 6.46. The Morgan fingerprint density at radius 2 is 1.75 bits per heavy atom. The van der Waals surface area contributed by atoms with E-state index in [1.165, 1.54) is 0 Å². The third-order valence-electron chi connectivity index (χ3n) is 2.88. The highest BCUT2D eigenvalue weighted by atomic mass is 16.6. The maximum absolute atomic E-state index is 12.1. The first kappa shape index (κ1) is 19.5. The van der Waals surface area contributed by atoms with Gasteiger partial charge < -0.3 is 20.5 Å². The molecule has 0 radical (unpaired) electrons. The van der Waals surface area contributed by atoms with Crippen molar-refractivity contribution in [2.75, 3.05) is 0 Å². The molecule has 1 atom stereocenters. The number of primary amides is 1. The minimum absolute atomic E-state index is 0.0321. The molecule has 0 aliphatic heterocycles. The molecule has 0 saturated heterocycles. The Hall–Kier alpha value is -2.57. The van der Waals surface area contributed by atoms with Crippen LogP contribution in [0.4, 0.5) is 4.79 Å². The highest BCUT2D eigenvalue weighted by Gasteiger charge is 2.27. The molecule has 132 valence electrons. The minimum atomic E-state index is -1.19. The number of aryl methyl sites for hydroxylation is 1. The van der Waals surface area contributed by atoms with E-state index in [0.717, 1.165) is 11.1 Å². The van der Waals surface area contributed by atoms with Gasteiger partial charge in [0, 0.05) is 0 Å². The minimum Gasteiger partial charge on any atom is -0.459 e. The van der Waals surface area contributed by atoms with E-state index in [1.807, 2.05) is 31.2 Å². The summed E-state index contributed by atoms with van der Waals surface area (Å²) in [5.41, 5.74) is 6.27. The van der Waals surface area contributed by atoms with Crippen molar-refractivity contribution < 1.29 is 23.9 Å². The predicted octanol–water partition coefficient (Wildman–Crippen LogP) is 1.81. The summed E-state index contributed by atoms with van der Waals surface area (Å²) in [5.74, 6) is -1.48. The Morgan fingerprint density at radius 1 is 1.17 bits per heavy atom. The topological polar surface area (TPSA) is 108 Å². The number of hydrogen-bond donors (Lipinski definition) is 2. The van der Waals surface area contributed by atoms with Gasteiger partial charge >= 0.3 is 12.1 Å². The number of benzene rings is 1. The molecule has 1 rings (SSSR count). The van der Waals surface area contributed by atoms with Gasteiger partial charge in [0.05, 0.1) is 6.42 Å². The van der Waals surface area contributed by atoms with Crippen molar-refractivity contribution in [2.24, 2.45) is 5.73 Å². The zero-order valence-electron chi connectivity index (χ0n) is 14.4. The van der Waals surface area contributed by atoms with Gasteiger partial charge in [-0.2, -0.15) is 0 Å².